The second-order valence-electron chi connectivity index (χ2n) is 8.95. The molecule has 2 fully saturated rings. The summed E-state index contributed by atoms with van der Waals surface area (Å²) in [5.74, 6) is -0.391. The number of hydrogen-bond donors (Lipinski definition) is 0. The third-order valence-corrected chi connectivity index (χ3v) is 10.8. The molecule has 1 saturated carbocycles. The van der Waals surface area contributed by atoms with Crippen LogP contribution in [0.5, 0.6) is 0 Å². The average molecular weight is 348 g/mol. The minimum absolute atomic E-state index is 0.0132. The molecule has 4 nitrogen and oxygen atoms in total. The van der Waals surface area contributed by atoms with Crippen LogP contribution in [-0.4, -0.2) is 32.1 Å². The third kappa shape index (κ3) is 2.57. The fraction of sp³-hybridized carbons (Fsp3) is 0.684. The van der Waals surface area contributed by atoms with Crippen LogP contribution in [0.2, 0.25) is 18.1 Å². The summed E-state index contributed by atoms with van der Waals surface area (Å²) in [6, 6.07) is 0. The van der Waals surface area contributed by atoms with Gasteiger partial charge in [-0.2, -0.15) is 0 Å². The lowest BCUT2D eigenvalue weighted by atomic mass is 9.72. The van der Waals surface area contributed by atoms with E-state index in [9.17, 15) is 9.59 Å². The van der Waals surface area contributed by atoms with Gasteiger partial charge in [0.05, 0.1) is 18.1 Å². The molecule has 3 aliphatic rings. The predicted molar refractivity (Wildman–Crippen MR) is 96.5 cm³/mol. The zero-order valence-corrected chi connectivity index (χ0v) is 16.7. The normalized spacial score (nSPS) is 32.1. The topological polar surface area (TPSA) is 46.6 Å². The van der Waals surface area contributed by atoms with Gasteiger partial charge in [0.2, 0.25) is 20.1 Å². The van der Waals surface area contributed by atoms with Crippen molar-refractivity contribution in [2.45, 2.75) is 58.2 Å². The Hall–Kier alpha value is -1.36. The molecule has 5 heteroatoms. The predicted octanol–water partition coefficient (Wildman–Crippen LogP) is 3.86. The first-order valence-electron chi connectivity index (χ1n) is 8.94. The van der Waals surface area contributed by atoms with Gasteiger partial charge in [0.15, 0.2) is 0 Å². The number of nitrogens with zero attached hydrogens (tertiary/aromatic N) is 1. The van der Waals surface area contributed by atoms with Gasteiger partial charge in [-0.15, -0.1) is 0 Å². The fourth-order valence-corrected chi connectivity index (χ4v) is 4.67. The number of likely N-dealkylation sites (tertiary alicyclic amines) is 1. The van der Waals surface area contributed by atoms with Gasteiger partial charge in [-0.1, -0.05) is 32.4 Å². The Morgan fingerprint density at radius 1 is 1.25 bits per heavy atom. The van der Waals surface area contributed by atoms with Crippen molar-refractivity contribution in [3.05, 3.63) is 23.5 Å². The molecule has 0 aromatic rings. The van der Waals surface area contributed by atoms with E-state index in [1.165, 1.54) is 10.5 Å². The summed E-state index contributed by atoms with van der Waals surface area (Å²) in [5.41, 5.74) is 2.23. The van der Waals surface area contributed by atoms with Crippen molar-refractivity contribution in [2.75, 3.05) is 7.05 Å². The maximum atomic E-state index is 12.7. The summed E-state index contributed by atoms with van der Waals surface area (Å²) < 4.78 is 6.26. The first-order valence-corrected chi connectivity index (χ1v) is 11.8. The van der Waals surface area contributed by atoms with E-state index in [-0.39, 0.29) is 34.6 Å². The van der Waals surface area contributed by atoms with Crippen LogP contribution < -0.4 is 0 Å². The molecule has 2 amide bonds. The summed E-state index contributed by atoms with van der Waals surface area (Å²) >= 11 is 0. The molecule has 0 unspecified atom stereocenters. The van der Waals surface area contributed by atoms with E-state index in [0.29, 0.717) is 0 Å². The van der Waals surface area contributed by atoms with E-state index in [0.717, 1.165) is 24.8 Å². The van der Waals surface area contributed by atoms with Gasteiger partial charge in [-0.05, 0) is 48.9 Å². The Kier molecular flexibility index (Phi) is 4.06. The SMILES string of the molecule is CN1C(=O)[C@@H]2[C@@H]3CCCC3=C/C(=C/O[Si](C)(C)C(C)(C)C)[C@@H]2C1=O. The smallest absolute Gasteiger partial charge is 0.249 e. The highest BCUT2D eigenvalue weighted by molar-refractivity contribution is 6.74. The zero-order valence-electron chi connectivity index (χ0n) is 15.7. The van der Waals surface area contributed by atoms with Crippen LogP contribution in [0.3, 0.4) is 0 Å². The Morgan fingerprint density at radius 2 is 1.92 bits per heavy atom. The van der Waals surface area contributed by atoms with Gasteiger partial charge >= 0.3 is 0 Å². The molecule has 3 atom stereocenters. The molecular weight excluding hydrogens is 318 g/mol. The molecule has 1 heterocycles. The molecule has 0 aromatic heterocycles. The standard InChI is InChI=1S/C19H29NO3Si/c1-19(2,3)24(5,6)23-11-13-10-12-8-7-9-14(12)16-15(13)17(21)20(4)18(16)22/h10-11,14-16H,7-9H2,1-6H3/b13-11-/t14-,15+,16-/m1/s1. The van der Waals surface area contributed by atoms with Crippen LogP contribution in [-0.2, 0) is 14.0 Å². The molecule has 1 saturated heterocycles. The van der Waals surface area contributed by atoms with Gasteiger partial charge in [0, 0.05) is 7.05 Å². The largest absolute Gasteiger partial charge is 0.549 e. The van der Waals surface area contributed by atoms with Gasteiger partial charge in [0.25, 0.3) is 0 Å². The Bertz CT molecular complexity index is 641. The average Bonchev–Trinajstić information content (AvgIpc) is 3.03. The molecule has 0 bridgehead atoms. The van der Waals surface area contributed by atoms with Crippen LogP contribution in [0.25, 0.3) is 0 Å². The van der Waals surface area contributed by atoms with Crippen LogP contribution in [0.1, 0.15) is 40.0 Å². The number of imide groups is 1. The van der Waals surface area contributed by atoms with E-state index in [1.807, 2.05) is 0 Å². The lowest BCUT2D eigenvalue weighted by Gasteiger charge is -2.36. The van der Waals surface area contributed by atoms with Crippen molar-refractivity contribution in [1.82, 2.24) is 4.90 Å². The van der Waals surface area contributed by atoms with E-state index in [4.69, 9.17) is 4.43 Å². The molecule has 0 spiro atoms. The summed E-state index contributed by atoms with van der Waals surface area (Å²) in [6.07, 6.45) is 7.13. The lowest BCUT2D eigenvalue weighted by Crippen LogP contribution is -2.39. The summed E-state index contributed by atoms with van der Waals surface area (Å²) in [6.45, 7) is 11.0. The monoisotopic (exact) mass is 347 g/mol. The highest BCUT2D eigenvalue weighted by atomic mass is 28.4. The Morgan fingerprint density at radius 3 is 2.54 bits per heavy atom. The van der Waals surface area contributed by atoms with E-state index >= 15 is 0 Å². The molecule has 0 radical (unpaired) electrons. The molecule has 0 aromatic carbocycles. The molecule has 1 aliphatic heterocycles. The highest BCUT2D eigenvalue weighted by Crippen LogP contribution is 2.50. The van der Waals surface area contributed by atoms with E-state index < -0.39 is 8.32 Å². The van der Waals surface area contributed by atoms with E-state index in [2.05, 4.69) is 39.9 Å². The second-order valence-corrected chi connectivity index (χ2v) is 13.7. The molecule has 2 aliphatic carbocycles. The lowest BCUT2D eigenvalue weighted by molar-refractivity contribution is -0.138. The maximum Gasteiger partial charge on any atom is 0.249 e. The van der Waals surface area contributed by atoms with Crippen LogP contribution in [0, 0.1) is 17.8 Å². The maximum absolute atomic E-state index is 12.7. The Labute approximate surface area is 146 Å². The third-order valence-electron chi connectivity index (χ3n) is 6.47. The number of fused-ring (bicyclic) bond motifs is 3. The number of amides is 2. The highest BCUT2D eigenvalue weighted by Gasteiger charge is 2.54. The molecule has 132 valence electrons. The quantitative estimate of drug-likeness (QED) is 0.433. The summed E-state index contributed by atoms with van der Waals surface area (Å²) in [4.78, 5) is 26.6. The zero-order chi connectivity index (χ0) is 17.9. The summed E-state index contributed by atoms with van der Waals surface area (Å²) in [7, 11) is -0.323. The first kappa shape index (κ1) is 17.5. The fourth-order valence-electron chi connectivity index (χ4n) is 3.88. The number of carbonyl (C=O) groups is 2. The number of carbonyl (C=O) groups excluding carboxylic acids is 2. The number of allylic oxidation sites excluding steroid dienone is 2. The second kappa shape index (κ2) is 5.58. The van der Waals surface area contributed by atoms with Gasteiger partial charge < -0.3 is 4.43 Å². The van der Waals surface area contributed by atoms with Crippen molar-refractivity contribution in [2.24, 2.45) is 17.8 Å². The van der Waals surface area contributed by atoms with Gasteiger partial charge in [-0.25, -0.2) is 0 Å². The summed E-state index contributed by atoms with van der Waals surface area (Å²) in [5, 5.41) is 0.105. The first-order chi connectivity index (χ1) is 11.0. The molecular formula is C19H29NO3Si. The minimum Gasteiger partial charge on any atom is -0.549 e. The van der Waals surface area contributed by atoms with E-state index in [1.54, 1.807) is 13.3 Å². The van der Waals surface area contributed by atoms with Crippen molar-refractivity contribution in [1.29, 1.82) is 0 Å². The molecule has 24 heavy (non-hydrogen) atoms. The number of hydrogen-bond acceptors (Lipinski definition) is 3. The number of rotatable bonds is 2. The molecule has 3 rings (SSSR count). The Balaban J connectivity index is 1.98. The van der Waals surface area contributed by atoms with Crippen LogP contribution >= 0.6 is 0 Å². The van der Waals surface area contributed by atoms with Crippen LogP contribution in [0.15, 0.2) is 23.5 Å². The van der Waals surface area contributed by atoms with Crippen molar-refractivity contribution in [3.8, 4) is 0 Å². The van der Waals surface area contributed by atoms with Crippen molar-refractivity contribution >= 4 is 20.1 Å². The van der Waals surface area contributed by atoms with Gasteiger partial charge in [0.1, 0.15) is 0 Å². The van der Waals surface area contributed by atoms with Crippen LogP contribution in [0.4, 0.5) is 0 Å². The van der Waals surface area contributed by atoms with Crippen molar-refractivity contribution < 1.29 is 14.0 Å². The minimum atomic E-state index is -1.94. The molecule has 0 N–H and O–H groups in total. The van der Waals surface area contributed by atoms with Gasteiger partial charge in [-0.3, -0.25) is 14.5 Å². The van der Waals surface area contributed by atoms with Crippen molar-refractivity contribution in [3.63, 3.8) is 0 Å².